The summed E-state index contributed by atoms with van der Waals surface area (Å²) in [7, 11) is 0. The zero-order chi connectivity index (χ0) is 19.8. The molecule has 1 aliphatic heterocycles. The molecule has 1 saturated carbocycles. The van der Waals surface area contributed by atoms with Gasteiger partial charge in [-0.05, 0) is 37.2 Å². The van der Waals surface area contributed by atoms with Crippen LogP contribution in [0.5, 0.6) is 0 Å². The zero-order valence-electron chi connectivity index (χ0n) is 17.0. The first-order valence-corrected chi connectivity index (χ1v) is 10.6. The number of carbonyl (C=O) groups excluding carboxylic acids is 2. The van der Waals surface area contributed by atoms with E-state index < -0.39 is 0 Å². The molecule has 154 valence electrons. The summed E-state index contributed by atoms with van der Waals surface area (Å²) in [6.45, 7) is 7.08. The molecule has 2 fully saturated rings. The van der Waals surface area contributed by atoms with Gasteiger partial charge in [-0.1, -0.05) is 37.3 Å². The Balaban J connectivity index is 1.29. The molecular weight excluding hydrogens is 352 g/mol. The quantitative estimate of drug-likeness (QED) is 0.747. The summed E-state index contributed by atoms with van der Waals surface area (Å²) in [5, 5.41) is 6.18. The number of amides is 2. The Labute approximate surface area is 168 Å². The molecule has 2 amide bonds. The highest BCUT2D eigenvalue weighted by molar-refractivity contribution is 5.78. The van der Waals surface area contributed by atoms with Gasteiger partial charge in [-0.15, -0.1) is 0 Å². The minimum Gasteiger partial charge on any atom is -0.352 e. The van der Waals surface area contributed by atoms with Crippen molar-refractivity contribution >= 4 is 11.8 Å². The summed E-state index contributed by atoms with van der Waals surface area (Å²) >= 11 is 0. The van der Waals surface area contributed by atoms with Gasteiger partial charge < -0.3 is 10.6 Å². The van der Waals surface area contributed by atoms with Crippen LogP contribution in [0.4, 0.5) is 0 Å². The lowest BCUT2D eigenvalue weighted by molar-refractivity contribution is -0.125. The fourth-order valence-electron chi connectivity index (χ4n) is 4.04. The largest absolute Gasteiger partial charge is 0.352 e. The maximum absolute atomic E-state index is 12.3. The summed E-state index contributed by atoms with van der Waals surface area (Å²) in [4.78, 5) is 28.8. The van der Waals surface area contributed by atoms with Crippen LogP contribution in [0.25, 0.3) is 0 Å². The Morgan fingerprint density at radius 2 is 1.46 bits per heavy atom. The van der Waals surface area contributed by atoms with Crippen molar-refractivity contribution in [1.29, 1.82) is 0 Å². The molecule has 0 atom stereocenters. The first-order chi connectivity index (χ1) is 13.6. The van der Waals surface area contributed by atoms with Crippen LogP contribution in [-0.2, 0) is 16.1 Å². The van der Waals surface area contributed by atoms with E-state index in [0.717, 1.165) is 50.5 Å². The highest BCUT2D eigenvalue weighted by atomic mass is 16.2. The maximum Gasteiger partial charge on any atom is 0.234 e. The van der Waals surface area contributed by atoms with Gasteiger partial charge in [0.2, 0.25) is 11.8 Å². The van der Waals surface area contributed by atoms with Gasteiger partial charge in [0.1, 0.15) is 0 Å². The van der Waals surface area contributed by atoms with Crippen LogP contribution in [-0.4, -0.2) is 66.9 Å². The van der Waals surface area contributed by atoms with E-state index in [1.165, 1.54) is 12.8 Å². The van der Waals surface area contributed by atoms with Gasteiger partial charge >= 0.3 is 0 Å². The molecule has 1 aromatic rings. The first kappa shape index (κ1) is 20.8. The molecule has 28 heavy (non-hydrogen) atoms. The lowest BCUT2D eigenvalue weighted by atomic mass is 9.87. The van der Waals surface area contributed by atoms with E-state index in [0.29, 0.717) is 25.7 Å². The van der Waals surface area contributed by atoms with Gasteiger partial charge in [-0.3, -0.25) is 19.4 Å². The van der Waals surface area contributed by atoms with Crippen LogP contribution in [0, 0.1) is 5.92 Å². The Kier molecular flexibility index (Phi) is 7.86. The van der Waals surface area contributed by atoms with Gasteiger partial charge in [0, 0.05) is 38.8 Å². The maximum atomic E-state index is 12.3. The van der Waals surface area contributed by atoms with Crippen molar-refractivity contribution in [2.45, 2.75) is 45.2 Å². The number of rotatable bonds is 7. The van der Waals surface area contributed by atoms with E-state index in [-0.39, 0.29) is 11.8 Å². The monoisotopic (exact) mass is 386 g/mol. The molecule has 0 unspecified atom stereocenters. The molecular formula is C22H34N4O2. The van der Waals surface area contributed by atoms with E-state index >= 15 is 0 Å². The fraction of sp³-hybridized carbons (Fsp3) is 0.636. The van der Waals surface area contributed by atoms with Gasteiger partial charge in [0.15, 0.2) is 0 Å². The lowest BCUT2D eigenvalue weighted by Crippen LogP contribution is -2.52. The van der Waals surface area contributed by atoms with E-state index in [9.17, 15) is 9.59 Å². The van der Waals surface area contributed by atoms with Gasteiger partial charge in [-0.25, -0.2) is 0 Å². The molecule has 6 heteroatoms. The Bertz CT molecular complexity index is 621. The molecule has 1 heterocycles. The number of carbonyl (C=O) groups is 2. The SMILES string of the molecule is CC1CCC(NC(=O)CN2CCN(CC(=O)NCc3ccccc3)CC2)CC1. The molecule has 1 aliphatic carbocycles. The van der Waals surface area contributed by atoms with Crippen molar-refractivity contribution in [3.05, 3.63) is 35.9 Å². The van der Waals surface area contributed by atoms with Gasteiger partial charge in [0.25, 0.3) is 0 Å². The summed E-state index contributed by atoms with van der Waals surface area (Å²) < 4.78 is 0. The predicted molar refractivity (Wildman–Crippen MR) is 111 cm³/mol. The van der Waals surface area contributed by atoms with Crippen molar-refractivity contribution in [2.24, 2.45) is 5.92 Å². The Hall–Kier alpha value is -1.92. The first-order valence-electron chi connectivity index (χ1n) is 10.6. The van der Waals surface area contributed by atoms with Crippen LogP contribution in [0.15, 0.2) is 30.3 Å². The molecule has 1 aromatic carbocycles. The van der Waals surface area contributed by atoms with Crippen molar-refractivity contribution in [1.82, 2.24) is 20.4 Å². The normalized spacial score (nSPS) is 23.9. The third-order valence-electron chi connectivity index (χ3n) is 5.91. The van der Waals surface area contributed by atoms with E-state index in [1.54, 1.807) is 0 Å². The third-order valence-corrected chi connectivity index (χ3v) is 5.91. The molecule has 0 aromatic heterocycles. The Morgan fingerprint density at radius 3 is 2.07 bits per heavy atom. The summed E-state index contributed by atoms with van der Waals surface area (Å²) in [5.41, 5.74) is 1.11. The van der Waals surface area contributed by atoms with E-state index in [2.05, 4.69) is 27.4 Å². The fourth-order valence-corrected chi connectivity index (χ4v) is 4.04. The number of nitrogens with one attached hydrogen (secondary N) is 2. The average molecular weight is 387 g/mol. The minimum absolute atomic E-state index is 0.0570. The minimum atomic E-state index is 0.0570. The molecule has 1 saturated heterocycles. The van der Waals surface area contributed by atoms with Crippen LogP contribution in [0.2, 0.25) is 0 Å². The number of hydrogen-bond acceptors (Lipinski definition) is 4. The molecule has 0 bridgehead atoms. The number of nitrogens with zero attached hydrogens (tertiary/aromatic N) is 2. The van der Waals surface area contributed by atoms with Crippen molar-refractivity contribution in [3.63, 3.8) is 0 Å². The summed E-state index contributed by atoms with van der Waals surface area (Å²) in [6, 6.07) is 10.3. The van der Waals surface area contributed by atoms with E-state index in [1.807, 2.05) is 30.3 Å². The predicted octanol–water partition coefficient (Wildman–Crippen LogP) is 1.62. The Morgan fingerprint density at radius 1 is 0.893 bits per heavy atom. The number of hydrogen-bond donors (Lipinski definition) is 2. The average Bonchev–Trinajstić information content (AvgIpc) is 2.70. The van der Waals surface area contributed by atoms with Crippen molar-refractivity contribution < 1.29 is 9.59 Å². The molecule has 6 nitrogen and oxygen atoms in total. The molecule has 2 N–H and O–H groups in total. The summed E-state index contributed by atoms with van der Waals surface area (Å²) in [5.74, 6) is 1.00. The van der Waals surface area contributed by atoms with Gasteiger partial charge in [0.05, 0.1) is 13.1 Å². The number of piperazine rings is 1. The molecule has 0 spiro atoms. The molecule has 2 aliphatic rings. The topological polar surface area (TPSA) is 64.7 Å². The smallest absolute Gasteiger partial charge is 0.234 e. The van der Waals surface area contributed by atoms with Crippen LogP contribution < -0.4 is 10.6 Å². The van der Waals surface area contributed by atoms with Crippen molar-refractivity contribution in [2.75, 3.05) is 39.3 Å². The van der Waals surface area contributed by atoms with Gasteiger partial charge in [-0.2, -0.15) is 0 Å². The van der Waals surface area contributed by atoms with Crippen LogP contribution >= 0.6 is 0 Å². The standard InChI is InChI=1S/C22H34N4O2/c1-18-7-9-20(10-8-18)24-22(28)17-26-13-11-25(12-14-26)16-21(27)23-15-19-5-3-2-4-6-19/h2-6,18,20H,7-17H2,1H3,(H,23,27)(H,24,28). The highest BCUT2D eigenvalue weighted by Crippen LogP contribution is 2.23. The summed E-state index contributed by atoms with van der Waals surface area (Å²) in [6.07, 6.45) is 4.66. The van der Waals surface area contributed by atoms with Crippen LogP contribution in [0.3, 0.4) is 0 Å². The zero-order valence-corrected chi connectivity index (χ0v) is 17.0. The lowest BCUT2D eigenvalue weighted by Gasteiger charge is -2.34. The molecule has 0 radical (unpaired) electrons. The number of benzene rings is 1. The van der Waals surface area contributed by atoms with Crippen LogP contribution in [0.1, 0.15) is 38.2 Å². The van der Waals surface area contributed by atoms with Crippen molar-refractivity contribution in [3.8, 4) is 0 Å². The second-order valence-corrected chi connectivity index (χ2v) is 8.34. The third kappa shape index (κ3) is 6.91. The second-order valence-electron chi connectivity index (χ2n) is 8.34. The highest BCUT2D eigenvalue weighted by Gasteiger charge is 2.23. The second kappa shape index (κ2) is 10.6. The molecule has 3 rings (SSSR count). The van der Waals surface area contributed by atoms with E-state index in [4.69, 9.17) is 0 Å².